The van der Waals surface area contributed by atoms with E-state index in [1.807, 2.05) is 36.4 Å². The monoisotopic (exact) mass is 382 g/mol. The number of nitro groups is 1. The molecule has 0 fully saturated rings. The van der Waals surface area contributed by atoms with Crippen molar-refractivity contribution >= 4 is 16.5 Å². The molecule has 0 aromatic heterocycles. The summed E-state index contributed by atoms with van der Waals surface area (Å²) in [6.45, 7) is 0. The Bertz CT molecular complexity index is 1190. The van der Waals surface area contributed by atoms with E-state index in [0.717, 1.165) is 33.2 Å². The first kappa shape index (κ1) is 17.4. The Morgan fingerprint density at radius 1 is 0.793 bits per heavy atom. The molecule has 4 aromatic carbocycles. The molecular formula is C24H18N2O3. The van der Waals surface area contributed by atoms with Crippen LogP contribution in [0.25, 0.3) is 10.8 Å². The van der Waals surface area contributed by atoms with Crippen LogP contribution in [0.5, 0.6) is 5.75 Å². The van der Waals surface area contributed by atoms with Gasteiger partial charge in [0, 0.05) is 23.3 Å². The predicted octanol–water partition coefficient (Wildman–Crippen LogP) is 5.52. The van der Waals surface area contributed by atoms with Crippen LogP contribution < -0.4 is 10.1 Å². The van der Waals surface area contributed by atoms with Crippen LogP contribution in [0, 0.1) is 10.1 Å². The topological polar surface area (TPSA) is 64.4 Å². The molecule has 5 rings (SSSR count). The van der Waals surface area contributed by atoms with Crippen molar-refractivity contribution in [2.24, 2.45) is 0 Å². The van der Waals surface area contributed by atoms with Gasteiger partial charge in [-0.05, 0) is 34.5 Å². The summed E-state index contributed by atoms with van der Waals surface area (Å²) in [5.41, 5.74) is 3.15. The number of benzene rings is 4. The lowest BCUT2D eigenvalue weighted by molar-refractivity contribution is -0.384. The van der Waals surface area contributed by atoms with Crippen molar-refractivity contribution in [2.75, 3.05) is 0 Å². The molecule has 0 amide bonds. The first-order valence-corrected chi connectivity index (χ1v) is 9.44. The third-order valence-electron chi connectivity index (χ3n) is 5.32. The Morgan fingerprint density at radius 2 is 1.52 bits per heavy atom. The predicted molar refractivity (Wildman–Crippen MR) is 112 cm³/mol. The van der Waals surface area contributed by atoms with Gasteiger partial charge in [-0.25, -0.2) is 0 Å². The molecule has 0 saturated carbocycles. The molecule has 29 heavy (non-hydrogen) atoms. The second kappa shape index (κ2) is 7.04. The van der Waals surface area contributed by atoms with E-state index < -0.39 is 11.2 Å². The smallest absolute Gasteiger partial charge is 0.269 e. The highest BCUT2D eigenvalue weighted by molar-refractivity contribution is 5.89. The van der Waals surface area contributed by atoms with E-state index in [-0.39, 0.29) is 11.7 Å². The van der Waals surface area contributed by atoms with E-state index >= 15 is 0 Å². The van der Waals surface area contributed by atoms with Gasteiger partial charge < -0.3 is 4.74 Å². The fourth-order valence-corrected chi connectivity index (χ4v) is 3.92. The van der Waals surface area contributed by atoms with Crippen LogP contribution in [0.4, 0.5) is 5.69 Å². The van der Waals surface area contributed by atoms with Crippen LogP contribution >= 0.6 is 0 Å². The Hall–Kier alpha value is -3.70. The summed E-state index contributed by atoms with van der Waals surface area (Å²) in [4.78, 5) is 10.6. The fourth-order valence-electron chi connectivity index (χ4n) is 3.92. The lowest BCUT2D eigenvalue weighted by Gasteiger charge is -2.35. The van der Waals surface area contributed by atoms with Gasteiger partial charge in [0.2, 0.25) is 0 Å². The van der Waals surface area contributed by atoms with Gasteiger partial charge in [-0.2, -0.15) is 0 Å². The molecule has 142 valence electrons. The number of ether oxygens (including phenoxy) is 1. The fraction of sp³-hybridized carbons (Fsp3) is 0.0833. The molecule has 0 radical (unpaired) electrons. The Labute approximate surface area is 167 Å². The minimum Gasteiger partial charge on any atom is -0.471 e. The molecule has 1 aliphatic heterocycles. The maximum atomic E-state index is 11.0. The van der Waals surface area contributed by atoms with E-state index in [1.165, 1.54) is 12.1 Å². The quantitative estimate of drug-likeness (QED) is 0.374. The summed E-state index contributed by atoms with van der Waals surface area (Å²) in [6, 6.07) is 29.0. The van der Waals surface area contributed by atoms with Gasteiger partial charge in [-0.15, -0.1) is 0 Å². The van der Waals surface area contributed by atoms with Gasteiger partial charge in [-0.1, -0.05) is 60.7 Å². The second-order valence-electron chi connectivity index (χ2n) is 7.06. The van der Waals surface area contributed by atoms with E-state index in [0.29, 0.717) is 0 Å². The van der Waals surface area contributed by atoms with Crippen molar-refractivity contribution in [1.29, 1.82) is 0 Å². The maximum absolute atomic E-state index is 11.0. The minimum absolute atomic E-state index is 0.0637. The Balaban J connectivity index is 1.63. The van der Waals surface area contributed by atoms with Crippen LogP contribution in [0.3, 0.4) is 0 Å². The summed E-state index contributed by atoms with van der Waals surface area (Å²) in [5.74, 6) is 0.819. The first-order valence-electron chi connectivity index (χ1n) is 9.44. The summed E-state index contributed by atoms with van der Waals surface area (Å²) in [7, 11) is 0. The SMILES string of the molecule is O=[N+]([O-])c1ccc([C@H]2N[C@H](c3ccccc3)c3c(ccc4ccccc34)O2)cc1. The van der Waals surface area contributed by atoms with Crippen molar-refractivity contribution in [3.63, 3.8) is 0 Å². The molecule has 1 heterocycles. The molecule has 0 bridgehead atoms. The number of fused-ring (bicyclic) bond motifs is 3. The Kier molecular flexibility index (Phi) is 4.22. The van der Waals surface area contributed by atoms with Gasteiger partial charge >= 0.3 is 0 Å². The standard InChI is InChI=1S/C24H18N2O3/c27-26(28)19-13-10-18(11-14-19)24-25-23(17-7-2-1-3-8-17)22-20-9-5-4-6-16(20)12-15-21(22)29-24/h1-15,23-25H/t23-,24+/m1/s1. The normalized spacial score (nSPS) is 18.1. The zero-order chi connectivity index (χ0) is 19.8. The van der Waals surface area contributed by atoms with Gasteiger partial charge in [0.05, 0.1) is 11.0 Å². The number of nitrogens with zero attached hydrogens (tertiary/aromatic N) is 1. The van der Waals surface area contributed by atoms with Crippen LogP contribution in [-0.4, -0.2) is 4.92 Å². The highest BCUT2D eigenvalue weighted by Crippen LogP contribution is 2.42. The van der Waals surface area contributed by atoms with Crippen LogP contribution in [0.2, 0.25) is 0 Å². The zero-order valence-corrected chi connectivity index (χ0v) is 15.5. The molecule has 0 aliphatic carbocycles. The van der Waals surface area contributed by atoms with Gasteiger partial charge in [0.15, 0.2) is 6.23 Å². The average molecular weight is 382 g/mol. The first-order chi connectivity index (χ1) is 14.2. The maximum Gasteiger partial charge on any atom is 0.269 e. The van der Waals surface area contributed by atoms with Crippen molar-refractivity contribution < 1.29 is 9.66 Å². The Morgan fingerprint density at radius 3 is 2.28 bits per heavy atom. The number of nitrogens with one attached hydrogen (secondary N) is 1. The van der Waals surface area contributed by atoms with Gasteiger partial charge in [-0.3, -0.25) is 15.4 Å². The number of hydrogen-bond acceptors (Lipinski definition) is 4. The molecule has 1 N–H and O–H groups in total. The molecule has 2 atom stereocenters. The van der Waals surface area contributed by atoms with E-state index in [4.69, 9.17) is 4.74 Å². The largest absolute Gasteiger partial charge is 0.471 e. The third kappa shape index (κ3) is 3.11. The highest BCUT2D eigenvalue weighted by atomic mass is 16.6. The van der Waals surface area contributed by atoms with E-state index in [9.17, 15) is 10.1 Å². The molecule has 0 unspecified atom stereocenters. The highest BCUT2D eigenvalue weighted by Gasteiger charge is 2.31. The summed E-state index contributed by atoms with van der Waals surface area (Å²) in [5, 5.41) is 16.9. The number of hydrogen-bond donors (Lipinski definition) is 1. The van der Waals surface area contributed by atoms with Gasteiger partial charge in [0.1, 0.15) is 5.75 Å². The van der Waals surface area contributed by atoms with Crippen molar-refractivity contribution in [3.8, 4) is 5.75 Å². The molecule has 0 saturated heterocycles. The molecule has 1 aliphatic rings. The van der Waals surface area contributed by atoms with Crippen molar-refractivity contribution in [2.45, 2.75) is 12.3 Å². The summed E-state index contributed by atoms with van der Waals surface area (Å²) in [6.07, 6.45) is -0.408. The summed E-state index contributed by atoms with van der Waals surface area (Å²) < 4.78 is 6.30. The second-order valence-corrected chi connectivity index (χ2v) is 7.06. The molecule has 5 nitrogen and oxygen atoms in total. The lowest BCUT2D eigenvalue weighted by atomic mass is 9.91. The average Bonchev–Trinajstić information content (AvgIpc) is 2.78. The third-order valence-corrected chi connectivity index (χ3v) is 5.32. The van der Waals surface area contributed by atoms with Crippen LogP contribution in [-0.2, 0) is 0 Å². The minimum atomic E-state index is -0.408. The summed E-state index contributed by atoms with van der Waals surface area (Å²) >= 11 is 0. The number of nitro benzene ring substituents is 1. The van der Waals surface area contributed by atoms with Crippen molar-refractivity contribution in [1.82, 2.24) is 5.32 Å². The van der Waals surface area contributed by atoms with E-state index in [2.05, 4.69) is 35.6 Å². The van der Waals surface area contributed by atoms with Crippen molar-refractivity contribution in [3.05, 3.63) is 118 Å². The van der Waals surface area contributed by atoms with Crippen LogP contribution in [0.1, 0.15) is 29.0 Å². The van der Waals surface area contributed by atoms with Gasteiger partial charge in [0.25, 0.3) is 5.69 Å². The molecule has 5 heteroatoms. The number of non-ortho nitro benzene ring substituents is 1. The molecule has 0 spiro atoms. The number of rotatable bonds is 3. The van der Waals surface area contributed by atoms with Crippen LogP contribution in [0.15, 0.2) is 91.0 Å². The lowest BCUT2D eigenvalue weighted by Crippen LogP contribution is -2.35. The molecular weight excluding hydrogens is 364 g/mol. The van der Waals surface area contributed by atoms with E-state index in [1.54, 1.807) is 12.1 Å². The molecule has 4 aromatic rings. The zero-order valence-electron chi connectivity index (χ0n) is 15.5.